The minimum Gasteiger partial charge on any atom is -0.382 e. The van der Waals surface area contributed by atoms with Gasteiger partial charge in [0.25, 0.3) is 0 Å². The average molecular weight is 397 g/mol. The van der Waals surface area contributed by atoms with Crippen molar-refractivity contribution < 1.29 is 8.42 Å². The van der Waals surface area contributed by atoms with Crippen molar-refractivity contribution >= 4 is 32.5 Å². The SMILES string of the molecule is C[C@H](Nc1ncnc(N)c1C#N)c1nc2cccc(S(C)(=O)=O)c2n1C1CC1. The van der Waals surface area contributed by atoms with Crippen LogP contribution in [-0.4, -0.2) is 34.2 Å². The molecule has 1 aliphatic rings. The standard InChI is InChI=1S/C18H19N7O2S/c1-10(23-17-12(8-19)16(20)21-9-22-17)18-24-13-4-3-5-14(28(2,26)27)15(13)25(18)11-6-7-11/h3-5,9-11H,6-7H2,1-2H3,(H3,20,21,22,23)/t10-/m0/s1. The van der Waals surface area contributed by atoms with E-state index in [1.807, 2.05) is 23.6 Å². The van der Waals surface area contributed by atoms with Gasteiger partial charge in [0, 0.05) is 12.3 Å². The van der Waals surface area contributed by atoms with Gasteiger partial charge in [-0.3, -0.25) is 0 Å². The molecule has 1 fully saturated rings. The van der Waals surface area contributed by atoms with E-state index in [1.165, 1.54) is 12.6 Å². The Labute approximate surface area is 162 Å². The largest absolute Gasteiger partial charge is 0.382 e. The summed E-state index contributed by atoms with van der Waals surface area (Å²) in [6.45, 7) is 1.89. The van der Waals surface area contributed by atoms with Gasteiger partial charge in [-0.05, 0) is 31.9 Å². The molecule has 0 amide bonds. The molecule has 0 saturated heterocycles. The molecule has 28 heavy (non-hydrogen) atoms. The number of sulfone groups is 1. The number of anilines is 2. The first-order valence-electron chi connectivity index (χ1n) is 8.79. The van der Waals surface area contributed by atoms with Crippen molar-refractivity contribution in [1.82, 2.24) is 19.5 Å². The zero-order valence-electron chi connectivity index (χ0n) is 15.4. The van der Waals surface area contributed by atoms with Gasteiger partial charge in [-0.15, -0.1) is 0 Å². The number of nitrogens with zero attached hydrogens (tertiary/aromatic N) is 5. The first-order chi connectivity index (χ1) is 13.3. The lowest BCUT2D eigenvalue weighted by Gasteiger charge is -2.17. The van der Waals surface area contributed by atoms with Crippen LogP contribution < -0.4 is 11.1 Å². The fraction of sp³-hybridized carbons (Fsp3) is 0.333. The number of nitrogens with one attached hydrogen (secondary N) is 1. The van der Waals surface area contributed by atoms with Crippen molar-refractivity contribution in [3.05, 3.63) is 35.9 Å². The van der Waals surface area contributed by atoms with Gasteiger partial charge in [0.2, 0.25) is 0 Å². The highest BCUT2D eigenvalue weighted by Gasteiger charge is 2.32. The highest BCUT2D eigenvalue weighted by molar-refractivity contribution is 7.91. The summed E-state index contributed by atoms with van der Waals surface area (Å²) >= 11 is 0. The number of hydrogen-bond donors (Lipinski definition) is 2. The summed E-state index contributed by atoms with van der Waals surface area (Å²) in [5, 5.41) is 12.5. The van der Waals surface area contributed by atoms with E-state index >= 15 is 0 Å². The van der Waals surface area contributed by atoms with Gasteiger partial charge in [0.15, 0.2) is 9.84 Å². The number of imidazole rings is 1. The molecule has 1 aromatic carbocycles. The Morgan fingerprint density at radius 3 is 2.75 bits per heavy atom. The lowest BCUT2D eigenvalue weighted by Crippen LogP contribution is -2.16. The Morgan fingerprint density at radius 1 is 1.36 bits per heavy atom. The monoisotopic (exact) mass is 397 g/mol. The van der Waals surface area contributed by atoms with E-state index in [4.69, 9.17) is 10.7 Å². The van der Waals surface area contributed by atoms with Gasteiger partial charge >= 0.3 is 0 Å². The molecule has 3 aromatic rings. The maximum atomic E-state index is 12.3. The highest BCUT2D eigenvalue weighted by atomic mass is 32.2. The van der Waals surface area contributed by atoms with Crippen LogP contribution in [0.5, 0.6) is 0 Å². The smallest absolute Gasteiger partial charge is 0.177 e. The van der Waals surface area contributed by atoms with Crippen molar-refractivity contribution in [1.29, 1.82) is 5.26 Å². The first kappa shape index (κ1) is 18.2. The summed E-state index contributed by atoms with van der Waals surface area (Å²) in [7, 11) is -3.41. The maximum absolute atomic E-state index is 12.3. The quantitative estimate of drug-likeness (QED) is 0.668. The van der Waals surface area contributed by atoms with E-state index in [0.717, 1.165) is 12.8 Å². The van der Waals surface area contributed by atoms with Crippen LogP contribution in [0.15, 0.2) is 29.4 Å². The van der Waals surface area contributed by atoms with Crippen molar-refractivity contribution in [2.75, 3.05) is 17.3 Å². The second kappa shape index (κ2) is 6.45. The lowest BCUT2D eigenvalue weighted by atomic mass is 10.2. The van der Waals surface area contributed by atoms with Crippen LogP contribution in [0.3, 0.4) is 0 Å². The molecule has 10 heteroatoms. The molecule has 0 spiro atoms. The number of para-hydroxylation sites is 1. The summed E-state index contributed by atoms with van der Waals surface area (Å²) < 4.78 is 26.6. The van der Waals surface area contributed by atoms with E-state index < -0.39 is 9.84 Å². The molecule has 0 aliphatic heterocycles. The van der Waals surface area contributed by atoms with Crippen LogP contribution in [0, 0.1) is 11.3 Å². The molecule has 144 valence electrons. The summed E-state index contributed by atoms with van der Waals surface area (Å²) in [6, 6.07) is 7.00. The van der Waals surface area contributed by atoms with Gasteiger partial charge < -0.3 is 15.6 Å². The Bertz CT molecular complexity index is 1220. The van der Waals surface area contributed by atoms with Crippen LogP contribution in [0.4, 0.5) is 11.6 Å². The van der Waals surface area contributed by atoms with E-state index in [1.54, 1.807) is 12.1 Å². The number of nitrogen functional groups attached to an aromatic ring is 1. The van der Waals surface area contributed by atoms with E-state index in [2.05, 4.69) is 15.3 Å². The predicted molar refractivity (Wildman–Crippen MR) is 104 cm³/mol. The third-order valence-corrected chi connectivity index (χ3v) is 5.87. The molecule has 3 N–H and O–H groups in total. The minimum absolute atomic E-state index is 0.0993. The fourth-order valence-electron chi connectivity index (χ4n) is 3.33. The van der Waals surface area contributed by atoms with E-state index in [0.29, 0.717) is 22.7 Å². The number of aromatic nitrogens is 4. The molecule has 0 unspecified atom stereocenters. The van der Waals surface area contributed by atoms with Gasteiger partial charge in [0.05, 0.1) is 22.0 Å². The molecule has 0 radical (unpaired) electrons. The zero-order valence-corrected chi connectivity index (χ0v) is 16.2. The van der Waals surface area contributed by atoms with Crippen LogP contribution >= 0.6 is 0 Å². The van der Waals surface area contributed by atoms with Gasteiger partial charge in [-0.25, -0.2) is 23.4 Å². The predicted octanol–water partition coefficient (Wildman–Crippen LogP) is 2.19. The highest BCUT2D eigenvalue weighted by Crippen LogP contribution is 2.42. The molecule has 0 bridgehead atoms. The average Bonchev–Trinajstić information content (AvgIpc) is 3.40. The molecule has 2 heterocycles. The van der Waals surface area contributed by atoms with Crippen molar-refractivity contribution in [2.45, 2.75) is 36.7 Å². The van der Waals surface area contributed by atoms with Crippen LogP contribution in [0.25, 0.3) is 11.0 Å². The van der Waals surface area contributed by atoms with Gasteiger partial charge in [-0.1, -0.05) is 6.07 Å². The van der Waals surface area contributed by atoms with E-state index in [9.17, 15) is 13.7 Å². The Morgan fingerprint density at radius 2 is 2.11 bits per heavy atom. The third-order valence-electron chi connectivity index (χ3n) is 4.74. The van der Waals surface area contributed by atoms with Gasteiger partial charge in [0.1, 0.15) is 35.4 Å². The van der Waals surface area contributed by atoms with Crippen LogP contribution in [0.2, 0.25) is 0 Å². The van der Waals surface area contributed by atoms with Crippen molar-refractivity contribution in [2.24, 2.45) is 0 Å². The van der Waals surface area contributed by atoms with E-state index in [-0.39, 0.29) is 28.4 Å². The minimum atomic E-state index is -3.41. The summed E-state index contributed by atoms with van der Waals surface area (Å²) in [5.41, 5.74) is 7.18. The molecular weight excluding hydrogens is 378 g/mol. The zero-order chi connectivity index (χ0) is 20.1. The van der Waals surface area contributed by atoms with Crippen molar-refractivity contribution in [3.63, 3.8) is 0 Å². The molecule has 1 atom stereocenters. The number of fused-ring (bicyclic) bond motifs is 1. The number of hydrogen-bond acceptors (Lipinski definition) is 8. The first-order valence-corrected chi connectivity index (χ1v) is 10.7. The van der Waals surface area contributed by atoms with Gasteiger partial charge in [-0.2, -0.15) is 5.26 Å². The number of nitrogens with two attached hydrogens (primary N) is 1. The third kappa shape index (κ3) is 3.03. The molecule has 4 rings (SSSR count). The summed E-state index contributed by atoms with van der Waals surface area (Å²) in [6.07, 6.45) is 4.42. The topological polar surface area (TPSA) is 140 Å². The molecule has 2 aromatic heterocycles. The van der Waals surface area contributed by atoms with Crippen molar-refractivity contribution in [3.8, 4) is 6.07 Å². The summed E-state index contributed by atoms with van der Waals surface area (Å²) in [5.74, 6) is 1.11. The Kier molecular flexibility index (Phi) is 4.19. The maximum Gasteiger partial charge on any atom is 0.177 e. The normalized spacial score (nSPS) is 15.3. The molecule has 1 saturated carbocycles. The molecular formula is C18H19N7O2S. The summed E-state index contributed by atoms with van der Waals surface area (Å²) in [4.78, 5) is 12.9. The van der Waals surface area contributed by atoms with Crippen LogP contribution in [-0.2, 0) is 9.84 Å². The Hall–Kier alpha value is -3.19. The molecule has 1 aliphatic carbocycles. The second-order valence-corrected chi connectivity index (χ2v) is 8.91. The number of rotatable bonds is 5. The number of nitriles is 1. The Balaban J connectivity index is 1.85. The molecule has 9 nitrogen and oxygen atoms in total. The van der Waals surface area contributed by atoms with Crippen LogP contribution in [0.1, 0.15) is 43.2 Å². The fourth-order valence-corrected chi connectivity index (χ4v) is 4.21. The second-order valence-electron chi connectivity index (χ2n) is 6.93. The number of benzene rings is 1. The lowest BCUT2D eigenvalue weighted by molar-refractivity contribution is 0.601.